The Labute approximate surface area is 128 Å². The highest BCUT2D eigenvalue weighted by Gasteiger charge is 2.23. The monoisotopic (exact) mass is 304 g/mol. The number of aromatic nitrogens is 1. The molecule has 3 N–H and O–H groups in total. The molecule has 2 heterocycles. The summed E-state index contributed by atoms with van der Waals surface area (Å²) in [6.07, 6.45) is 3.44. The molecular weight excluding hydrogens is 284 g/mol. The Hall–Kier alpha value is -1.50. The minimum absolute atomic E-state index is 0.00518. The van der Waals surface area contributed by atoms with E-state index in [4.69, 9.17) is 5.73 Å². The molecule has 5 nitrogen and oxygen atoms in total. The zero-order valence-electron chi connectivity index (χ0n) is 11.9. The Morgan fingerprint density at radius 1 is 1.43 bits per heavy atom. The van der Waals surface area contributed by atoms with Crippen LogP contribution in [0.15, 0.2) is 24.3 Å². The number of thiazole rings is 1. The Bertz CT molecular complexity index is 594. The van der Waals surface area contributed by atoms with E-state index in [1.54, 1.807) is 0 Å². The Morgan fingerprint density at radius 2 is 2.29 bits per heavy atom. The molecule has 1 aliphatic rings. The number of carbonyl (C=O) groups excluding carboxylic acids is 1. The number of para-hydroxylation sites is 1. The van der Waals surface area contributed by atoms with E-state index in [1.165, 1.54) is 17.8 Å². The second-order valence-electron chi connectivity index (χ2n) is 5.39. The van der Waals surface area contributed by atoms with Crippen LogP contribution in [0.1, 0.15) is 19.3 Å². The van der Waals surface area contributed by atoms with Gasteiger partial charge in [0.1, 0.15) is 0 Å². The highest BCUT2D eigenvalue weighted by Crippen LogP contribution is 2.25. The zero-order chi connectivity index (χ0) is 14.7. The van der Waals surface area contributed by atoms with Crippen molar-refractivity contribution < 1.29 is 4.79 Å². The second-order valence-corrected chi connectivity index (χ2v) is 6.42. The van der Waals surface area contributed by atoms with E-state index in [2.05, 4.69) is 15.2 Å². The van der Waals surface area contributed by atoms with Gasteiger partial charge in [0.25, 0.3) is 0 Å². The SMILES string of the molecule is NCC1CCCCN1CC(=O)Nc1nc2ccccc2s1. The van der Waals surface area contributed by atoms with Crippen LogP contribution in [0.25, 0.3) is 10.2 Å². The standard InChI is InChI=1S/C15H20N4OS/c16-9-11-5-3-4-8-19(11)10-14(20)18-15-17-12-6-1-2-7-13(12)21-15/h1-2,6-7,11H,3-5,8-10,16H2,(H,17,18,20). The van der Waals surface area contributed by atoms with E-state index in [0.717, 1.165) is 29.6 Å². The lowest BCUT2D eigenvalue weighted by atomic mass is 10.0. The number of fused-ring (bicyclic) bond motifs is 1. The van der Waals surface area contributed by atoms with Gasteiger partial charge in [0.05, 0.1) is 16.8 Å². The summed E-state index contributed by atoms with van der Waals surface area (Å²) < 4.78 is 1.09. The number of nitrogens with one attached hydrogen (secondary N) is 1. The molecule has 112 valence electrons. The third-order valence-corrected chi connectivity index (χ3v) is 4.86. The summed E-state index contributed by atoms with van der Waals surface area (Å²) in [5.41, 5.74) is 6.72. The van der Waals surface area contributed by atoms with Crippen LogP contribution in [-0.4, -0.2) is 41.5 Å². The first-order chi connectivity index (χ1) is 10.3. The number of amides is 1. The molecule has 1 fully saturated rings. The van der Waals surface area contributed by atoms with Gasteiger partial charge in [0, 0.05) is 12.6 Å². The maximum absolute atomic E-state index is 12.2. The van der Waals surface area contributed by atoms with Gasteiger partial charge in [-0.2, -0.15) is 0 Å². The third-order valence-electron chi connectivity index (χ3n) is 3.91. The molecule has 1 saturated heterocycles. The van der Waals surface area contributed by atoms with Gasteiger partial charge in [-0.3, -0.25) is 9.69 Å². The van der Waals surface area contributed by atoms with Crippen LogP contribution in [0, 0.1) is 0 Å². The van der Waals surface area contributed by atoms with Gasteiger partial charge in [-0.05, 0) is 31.5 Å². The van der Waals surface area contributed by atoms with Crippen LogP contribution in [0.2, 0.25) is 0 Å². The molecule has 21 heavy (non-hydrogen) atoms. The summed E-state index contributed by atoms with van der Waals surface area (Å²) >= 11 is 1.51. The first-order valence-electron chi connectivity index (χ1n) is 7.36. The van der Waals surface area contributed by atoms with Crippen molar-refractivity contribution in [2.75, 3.05) is 25.0 Å². The summed E-state index contributed by atoms with van der Waals surface area (Å²) in [5, 5.41) is 3.58. The molecule has 2 aromatic rings. The van der Waals surface area contributed by atoms with Crippen molar-refractivity contribution in [2.24, 2.45) is 5.73 Å². The van der Waals surface area contributed by atoms with Gasteiger partial charge in [0.2, 0.25) is 5.91 Å². The molecule has 1 aliphatic heterocycles. The van der Waals surface area contributed by atoms with Crippen LogP contribution in [-0.2, 0) is 4.79 Å². The number of rotatable bonds is 4. The van der Waals surface area contributed by atoms with Crippen LogP contribution in [0.5, 0.6) is 0 Å². The van der Waals surface area contributed by atoms with Crippen LogP contribution >= 0.6 is 11.3 Å². The zero-order valence-corrected chi connectivity index (χ0v) is 12.7. The molecule has 3 rings (SSSR count). The highest BCUT2D eigenvalue weighted by molar-refractivity contribution is 7.22. The minimum Gasteiger partial charge on any atom is -0.329 e. The average molecular weight is 304 g/mol. The highest BCUT2D eigenvalue weighted by atomic mass is 32.1. The average Bonchev–Trinajstić information content (AvgIpc) is 2.89. The molecule has 0 radical (unpaired) electrons. The van der Waals surface area contributed by atoms with Crippen molar-refractivity contribution in [1.29, 1.82) is 0 Å². The molecule has 0 aliphatic carbocycles. The van der Waals surface area contributed by atoms with Gasteiger partial charge in [-0.1, -0.05) is 29.9 Å². The summed E-state index contributed by atoms with van der Waals surface area (Å²) in [6.45, 7) is 1.97. The van der Waals surface area contributed by atoms with E-state index >= 15 is 0 Å². The van der Waals surface area contributed by atoms with Crippen molar-refractivity contribution in [3.8, 4) is 0 Å². The van der Waals surface area contributed by atoms with Gasteiger partial charge in [-0.15, -0.1) is 0 Å². The van der Waals surface area contributed by atoms with Gasteiger partial charge in [-0.25, -0.2) is 4.98 Å². The number of nitrogens with zero attached hydrogens (tertiary/aromatic N) is 2. The van der Waals surface area contributed by atoms with Gasteiger partial charge in [0.15, 0.2) is 5.13 Å². The van der Waals surface area contributed by atoms with Crippen molar-refractivity contribution in [1.82, 2.24) is 9.88 Å². The van der Waals surface area contributed by atoms with E-state index < -0.39 is 0 Å². The summed E-state index contributed by atoms with van der Waals surface area (Å²) in [6, 6.07) is 8.23. The van der Waals surface area contributed by atoms with Crippen molar-refractivity contribution >= 4 is 32.6 Å². The van der Waals surface area contributed by atoms with Gasteiger partial charge < -0.3 is 11.1 Å². The molecule has 1 unspecified atom stereocenters. The maximum Gasteiger partial charge on any atom is 0.240 e. The topological polar surface area (TPSA) is 71.2 Å². The Morgan fingerprint density at radius 3 is 3.10 bits per heavy atom. The maximum atomic E-state index is 12.2. The molecule has 6 heteroatoms. The fourth-order valence-electron chi connectivity index (χ4n) is 2.80. The van der Waals surface area contributed by atoms with Crippen LogP contribution in [0.3, 0.4) is 0 Å². The largest absolute Gasteiger partial charge is 0.329 e. The van der Waals surface area contributed by atoms with Crippen LogP contribution < -0.4 is 11.1 Å². The first kappa shape index (κ1) is 14.4. The number of carbonyl (C=O) groups is 1. The number of likely N-dealkylation sites (tertiary alicyclic amines) is 1. The first-order valence-corrected chi connectivity index (χ1v) is 8.17. The molecular formula is C15H20N4OS. The lowest BCUT2D eigenvalue weighted by molar-refractivity contribution is -0.118. The normalized spacial score (nSPS) is 19.8. The Kier molecular flexibility index (Phi) is 4.48. The fraction of sp³-hybridized carbons (Fsp3) is 0.467. The van der Waals surface area contributed by atoms with Crippen molar-refractivity contribution in [3.63, 3.8) is 0 Å². The smallest absolute Gasteiger partial charge is 0.240 e. The number of anilines is 1. The lowest BCUT2D eigenvalue weighted by Crippen LogP contribution is -2.47. The molecule has 1 aromatic heterocycles. The number of benzene rings is 1. The molecule has 0 saturated carbocycles. The summed E-state index contributed by atoms with van der Waals surface area (Å²) in [4.78, 5) is 18.8. The Balaban J connectivity index is 1.63. The molecule has 1 atom stereocenters. The predicted molar refractivity (Wildman–Crippen MR) is 86.5 cm³/mol. The second kappa shape index (κ2) is 6.51. The molecule has 0 spiro atoms. The van der Waals surface area contributed by atoms with Crippen LogP contribution in [0.4, 0.5) is 5.13 Å². The number of piperidine rings is 1. The minimum atomic E-state index is -0.00518. The number of hydrogen-bond acceptors (Lipinski definition) is 5. The fourth-order valence-corrected chi connectivity index (χ4v) is 3.69. The molecule has 0 bridgehead atoms. The number of nitrogens with two attached hydrogens (primary N) is 1. The predicted octanol–water partition coefficient (Wildman–Crippen LogP) is 2.05. The number of hydrogen-bond donors (Lipinski definition) is 2. The third kappa shape index (κ3) is 3.40. The van der Waals surface area contributed by atoms with E-state index in [9.17, 15) is 4.79 Å². The van der Waals surface area contributed by atoms with Gasteiger partial charge >= 0.3 is 0 Å². The summed E-state index contributed by atoms with van der Waals surface area (Å²) in [7, 11) is 0. The van der Waals surface area contributed by atoms with Crippen molar-refractivity contribution in [3.05, 3.63) is 24.3 Å². The lowest BCUT2D eigenvalue weighted by Gasteiger charge is -2.34. The van der Waals surface area contributed by atoms with Crippen molar-refractivity contribution in [2.45, 2.75) is 25.3 Å². The molecule has 1 amide bonds. The van der Waals surface area contributed by atoms with E-state index in [1.807, 2.05) is 24.3 Å². The molecule has 1 aromatic carbocycles. The van der Waals surface area contributed by atoms with E-state index in [0.29, 0.717) is 24.3 Å². The van der Waals surface area contributed by atoms with E-state index in [-0.39, 0.29) is 5.91 Å². The quantitative estimate of drug-likeness (QED) is 0.907. The summed E-state index contributed by atoms with van der Waals surface area (Å²) in [5.74, 6) is -0.00518.